The van der Waals surface area contributed by atoms with Crippen molar-refractivity contribution in [3.63, 3.8) is 0 Å². The number of hydrogen-bond donors (Lipinski definition) is 2. The van der Waals surface area contributed by atoms with Gasteiger partial charge in [0.25, 0.3) is 0 Å². The SMILES string of the molecule is O=C(O)C1(C(=O)O)CCc2ccccc2N1Cc1ccccc1. The van der Waals surface area contributed by atoms with Crippen molar-refractivity contribution < 1.29 is 19.8 Å². The summed E-state index contributed by atoms with van der Waals surface area (Å²) in [7, 11) is 0. The van der Waals surface area contributed by atoms with E-state index >= 15 is 0 Å². The number of aryl methyl sites for hydroxylation is 1. The van der Waals surface area contributed by atoms with E-state index in [4.69, 9.17) is 0 Å². The molecular formula is C18H17NO4. The Morgan fingerprint density at radius 3 is 2.22 bits per heavy atom. The number of hydrogen-bond acceptors (Lipinski definition) is 3. The van der Waals surface area contributed by atoms with E-state index in [9.17, 15) is 19.8 Å². The van der Waals surface area contributed by atoms with Gasteiger partial charge in [-0.05, 0) is 30.0 Å². The van der Waals surface area contributed by atoms with Crippen LogP contribution in [0.25, 0.3) is 0 Å². The molecule has 0 atom stereocenters. The molecule has 5 nitrogen and oxygen atoms in total. The van der Waals surface area contributed by atoms with Gasteiger partial charge in [0.2, 0.25) is 5.54 Å². The molecule has 5 heteroatoms. The Bertz CT molecular complexity index is 728. The van der Waals surface area contributed by atoms with Gasteiger partial charge in [0.1, 0.15) is 0 Å². The van der Waals surface area contributed by atoms with E-state index in [1.54, 1.807) is 12.1 Å². The summed E-state index contributed by atoms with van der Waals surface area (Å²) >= 11 is 0. The fraction of sp³-hybridized carbons (Fsp3) is 0.222. The second kappa shape index (κ2) is 5.76. The first-order valence-electron chi connectivity index (χ1n) is 7.42. The van der Waals surface area contributed by atoms with Gasteiger partial charge in [-0.1, -0.05) is 48.5 Å². The third-order valence-electron chi connectivity index (χ3n) is 4.39. The van der Waals surface area contributed by atoms with Crippen molar-refractivity contribution in [3.8, 4) is 0 Å². The zero-order valence-corrected chi connectivity index (χ0v) is 12.5. The second-order valence-corrected chi connectivity index (χ2v) is 5.67. The number of carboxylic acids is 2. The van der Waals surface area contributed by atoms with Gasteiger partial charge in [-0.15, -0.1) is 0 Å². The normalized spacial score (nSPS) is 15.7. The zero-order valence-electron chi connectivity index (χ0n) is 12.5. The highest BCUT2D eigenvalue weighted by atomic mass is 16.4. The molecule has 0 fully saturated rings. The Kier molecular flexibility index (Phi) is 3.78. The van der Waals surface area contributed by atoms with E-state index in [0.29, 0.717) is 12.1 Å². The summed E-state index contributed by atoms with van der Waals surface area (Å²) in [5.41, 5.74) is 0.578. The molecule has 3 rings (SSSR count). The van der Waals surface area contributed by atoms with Crippen LogP contribution in [0.3, 0.4) is 0 Å². The third kappa shape index (κ3) is 2.44. The van der Waals surface area contributed by atoms with Gasteiger partial charge >= 0.3 is 11.9 Å². The summed E-state index contributed by atoms with van der Waals surface area (Å²) in [4.78, 5) is 25.3. The number of para-hydroxylation sites is 1. The molecule has 0 spiro atoms. The van der Waals surface area contributed by atoms with Crippen molar-refractivity contribution in [3.05, 3.63) is 65.7 Å². The molecule has 2 N–H and O–H groups in total. The molecule has 118 valence electrons. The second-order valence-electron chi connectivity index (χ2n) is 5.67. The van der Waals surface area contributed by atoms with E-state index in [0.717, 1.165) is 11.1 Å². The molecule has 0 amide bonds. The van der Waals surface area contributed by atoms with Gasteiger partial charge in [0.15, 0.2) is 0 Å². The van der Waals surface area contributed by atoms with Crippen LogP contribution in [-0.4, -0.2) is 27.7 Å². The van der Waals surface area contributed by atoms with Crippen LogP contribution in [0.15, 0.2) is 54.6 Å². The molecule has 1 aliphatic rings. The Hall–Kier alpha value is -2.82. The maximum absolute atomic E-state index is 11.9. The summed E-state index contributed by atoms with van der Waals surface area (Å²) in [5, 5.41) is 19.4. The lowest BCUT2D eigenvalue weighted by Crippen LogP contribution is -2.62. The highest BCUT2D eigenvalue weighted by Crippen LogP contribution is 2.38. The van der Waals surface area contributed by atoms with Crippen LogP contribution in [0.4, 0.5) is 5.69 Å². The maximum atomic E-state index is 11.9. The Balaban J connectivity index is 2.13. The fourth-order valence-electron chi connectivity index (χ4n) is 3.16. The largest absolute Gasteiger partial charge is 0.479 e. The molecule has 0 radical (unpaired) electrons. The molecule has 0 saturated heterocycles. The molecule has 0 unspecified atom stereocenters. The first-order chi connectivity index (χ1) is 11.1. The van der Waals surface area contributed by atoms with Crippen molar-refractivity contribution >= 4 is 17.6 Å². The Morgan fingerprint density at radius 2 is 1.57 bits per heavy atom. The quantitative estimate of drug-likeness (QED) is 0.849. The van der Waals surface area contributed by atoms with Gasteiger partial charge in [-0.25, -0.2) is 9.59 Å². The number of anilines is 1. The maximum Gasteiger partial charge on any atom is 0.341 e. The molecule has 2 aromatic rings. The Morgan fingerprint density at radius 1 is 0.957 bits per heavy atom. The van der Waals surface area contributed by atoms with Crippen molar-refractivity contribution in [2.45, 2.75) is 24.9 Å². The van der Waals surface area contributed by atoms with Gasteiger partial charge < -0.3 is 15.1 Å². The third-order valence-corrected chi connectivity index (χ3v) is 4.39. The molecule has 1 heterocycles. The van der Waals surface area contributed by atoms with Crippen LogP contribution in [0.1, 0.15) is 17.5 Å². The molecule has 23 heavy (non-hydrogen) atoms. The lowest BCUT2D eigenvalue weighted by Gasteiger charge is -2.43. The topological polar surface area (TPSA) is 77.8 Å². The predicted molar refractivity (Wildman–Crippen MR) is 85.4 cm³/mol. The van der Waals surface area contributed by atoms with Crippen molar-refractivity contribution in [1.82, 2.24) is 0 Å². The smallest absolute Gasteiger partial charge is 0.341 e. The summed E-state index contributed by atoms with van der Waals surface area (Å²) in [6, 6.07) is 16.7. The minimum Gasteiger partial charge on any atom is -0.479 e. The van der Waals surface area contributed by atoms with Crippen molar-refractivity contribution in [1.29, 1.82) is 0 Å². The molecule has 2 aromatic carbocycles. The standard InChI is InChI=1S/C18H17NO4/c20-16(21)18(17(22)23)11-10-14-8-4-5-9-15(14)19(18)12-13-6-2-1-3-7-13/h1-9H,10-12H2,(H,20,21)(H,22,23). The van der Waals surface area contributed by atoms with Crippen LogP contribution in [0, 0.1) is 0 Å². The van der Waals surface area contributed by atoms with Crippen molar-refractivity contribution in [2.75, 3.05) is 4.90 Å². The lowest BCUT2D eigenvalue weighted by atomic mass is 9.83. The summed E-state index contributed by atoms with van der Waals surface area (Å²) < 4.78 is 0. The first kappa shape index (κ1) is 15.1. The molecule has 0 aliphatic carbocycles. The van der Waals surface area contributed by atoms with Crippen LogP contribution in [-0.2, 0) is 22.6 Å². The van der Waals surface area contributed by atoms with Crippen molar-refractivity contribution in [2.24, 2.45) is 0 Å². The van der Waals surface area contributed by atoms with Gasteiger partial charge in [0, 0.05) is 12.2 Å². The minimum atomic E-state index is -1.94. The zero-order chi connectivity index (χ0) is 16.4. The van der Waals surface area contributed by atoms with Crippen LogP contribution >= 0.6 is 0 Å². The highest BCUT2D eigenvalue weighted by Gasteiger charge is 2.54. The average molecular weight is 311 g/mol. The van der Waals surface area contributed by atoms with Crippen LogP contribution in [0.5, 0.6) is 0 Å². The number of carboxylic acid groups (broad SMARTS) is 2. The molecular weight excluding hydrogens is 294 g/mol. The Labute approximate surface area is 133 Å². The summed E-state index contributed by atoms with van der Waals surface area (Å²) in [6.45, 7) is 0.233. The minimum absolute atomic E-state index is 0.0432. The van der Waals surface area contributed by atoms with E-state index in [1.165, 1.54) is 4.90 Å². The van der Waals surface area contributed by atoms with Crippen LogP contribution in [0.2, 0.25) is 0 Å². The summed E-state index contributed by atoms with van der Waals surface area (Å²) in [6.07, 6.45) is 0.474. The number of aliphatic carboxylic acids is 2. The molecule has 0 saturated carbocycles. The van der Waals surface area contributed by atoms with Gasteiger partial charge in [-0.3, -0.25) is 0 Å². The number of nitrogens with zero attached hydrogens (tertiary/aromatic N) is 1. The number of benzene rings is 2. The number of rotatable bonds is 4. The monoisotopic (exact) mass is 311 g/mol. The van der Waals surface area contributed by atoms with Gasteiger partial charge in [-0.2, -0.15) is 0 Å². The molecule has 0 aromatic heterocycles. The van der Waals surface area contributed by atoms with Crippen LogP contribution < -0.4 is 4.90 Å². The summed E-state index contributed by atoms with van der Waals surface area (Å²) in [5.74, 6) is -2.65. The molecule has 1 aliphatic heterocycles. The number of carbonyl (C=O) groups is 2. The number of fused-ring (bicyclic) bond motifs is 1. The highest BCUT2D eigenvalue weighted by molar-refractivity contribution is 6.07. The van der Waals surface area contributed by atoms with E-state index in [-0.39, 0.29) is 13.0 Å². The lowest BCUT2D eigenvalue weighted by molar-refractivity contribution is -0.157. The van der Waals surface area contributed by atoms with E-state index < -0.39 is 17.5 Å². The first-order valence-corrected chi connectivity index (χ1v) is 7.42. The van der Waals surface area contributed by atoms with E-state index in [1.807, 2.05) is 42.5 Å². The molecule has 0 bridgehead atoms. The fourth-order valence-corrected chi connectivity index (χ4v) is 3.16. The predicted octanol–water partition coefficient (Wildman–Crippen LogP) is 2.55. The van der Waals surface area contributed by atoms with E-state index in [2.05, 4.69) is 0 Å². The van der Waals surface area contributed by atoms with Gasteiger partial charge in [0.05, 0.1) is 0 Å². The average Bonchev–Trinajstić information content (AvgIpc) is 2.55.